The second-order valence-electron chi connectivity index (χ2n) is 13.7. The number of hydrogen-bond acceptors (Lipinski definition) is 8. The Bertz CT molecular complexity index is 1800. The van der Waals surface area contributed by atoms with Crippen LogP contribution >= 0.6 is 11.6 Å². The summed E-state index contributed by atoms with van der Waals surface area (Å²) in [6.45, 7) is 18.8. The van der Waals surface area contributed by atoms with Crippen molar-refractivity contribution >= 4 is 46.2 Å². The molecule has 4 N–H and O–H groups in total. The standard InChI is InChI=1S/C35H43ClN8O/c1-21(2)43-15-12-24-25(10-9-11-26(24)33(43)45)32(29-19-44(42-41-29)35(7)13-14-35)40-23-16-27(31(38-8)28(36)17-23)30(22(3)18-37)39-20-34(4,5)6/h9-12,15-17,19,21,32,39-42H,8,13-14,20H2,1-7H3/b30-22-/t32-/m0/s1. The highest BCUT2D eigenvalue weighted by molar-refractivity contribution is 6.33. The van der Waals surface area contributed by atoms with E-state index >= 15 is 0 Å². The third-order valence-corrected chi connectivity index (χ3v) is 8.76. The van der Waals surface area contributed by atoms with Gasteiger partial charge < -0.3 is 20.6 Å². The van der Waals surface area contributed by atoms with Crippen LogP contribution in [0.2, 0.25) is 5.02 Å². The Balaban J connectivity index is 1.66. The maximum absolute atomic E-state index is 13.5. The molecule has 236 valence electrons. The number of aromatic nitrogens is 1. The molecule has 0 saturated heterocycles. The summed E-state index contributed by atoms with van der Waals surface area (Å²) < 4.78 is 1.75. The smallest absolute Gasteiger partial charge is 0.258 e. The molecule has 0 bridgehead atoms. The Labute approximate surface area is 270 Å². The minimum Gasteiger partial charge on any atom is -0.383 e. The third kappa shape index (κ3) is 6.58. The number of nitrogens with one attached hydrogen (secondary N) is 4. The lowest BCUT2D eigenvalue weighted by molar-refractivity contribution is 0.190. The highest BCUT2D eigenvalue weighted by atomic mass is 35.5. The maximum Gasteiger partial charge on any atom is 0.258 e. The summed E-state index contributed by atoms with van der Waals surface area (Å²) in [5.41, 5.74) is 11.6. The molecule has 0 radical (unpaired) electrons. The van der Waals surface area contributed by atoms with Gasteiger partial charge in [-0.2, -0.15) is 5.26 Å². The molecule has 0 unspecified atom stereocenters. The van der Waals surface area contributed by atoms with E-state index < -0.39 is 0 Å². The molecular weight excluding hydrogens is 584 g/mol. The topological polar surface area (TPSA) is 110 Å². The minimum absolute atomic E-state index is 0.0277. The molecule has 5 rings (SSSR count). The van der Waals surface area contributed by atoms with Gasteiger partial charge in [0, 0.05) is 41.6 Å². The molecule has 1 saturated carbocycles. The third-order valence-electron chi connectivity index (χ3n) is 8.47. The van der Waals surface area contributed by atoms with Crippen LogP contribution in [0.1, 0.15) is 84.5 Å². The predicted molar refractivity (Wildman–Crippen MR) is 185 cm³/mol. The number of nitrogens with zero attached hydrogens (tertiary/aromatic N) is 4. The lowest BCUT2D eigenvalue weighted by Gasteiger charge is -2.25. The molecule has 2 aromatic carbocycles. The molecule has 1 aliphatic heterocycles. The Kier molecular flexibility index (Phi) is 8.76. The molecule has 1 fully saturated rings. The van der Waals surface area contributed by atoms with Gasteiger partial charge >= 0.3 is 0 Å². The highest BCUT2D eigenvalue weighted by Gasteiger charge is 2.44. The van der Waals surface area contributed by atoms with Gasteiger partial charge in [0.25, 0.3) is 5.56 Å². The van der Waals surface area contributed by atoms with Gasteiger partial charge in [0.2, 0.25) is 0 Å². The number of nitriles is 1. The SMILES string of the molecule is C=Nc1c(Cl)cc(N[C@H](C2=CN(C3(C)CC3)NN2)c2cccc3c(=O)n(C(C)C)ccc23)cc1/C(NCC(C)(C)C)=C(\C)C#N. The van der Waals surface area contributed by atoms with E-state index in [9.17, 15) is 10.1 Å². The first-order valence-electron chi connectivity index (χ1n) is 15.3. The lowest BCUT2D eigenvalue weighted by atomic mass is 9.95. The van der Waals surface area contributed by atoms with Gasteiger partial charge in [0.15, 0.2) is 0 Å². The molecular formula is C35H43ClN8O. The van der Waals surface area contributed by atoms with E-state index in [0.29, 0.717) is 39.5 Å². The Morgan fingerprint density at radius 2 is 1.96 bits per heavy atom. The van der Waals surface area contributed by atoms with Gasteiger partial charge in [-0.3, -0.25) is 14.8 Å². The molecule has 0 amide bonds. The van der Waals surface area contributed by atoms with Crippen molar-refractivity contribution < 1.29 is 0 Å². The van der Waals surface area contributed by atoms with E-state index in [-0.39, 0.29) is 28.6 Å². The molecule has 2 aliphatic rings. The molecule has 9 nitrogen and oxygen atoms in total. The van der Waals surface area contributed by atoms with Crippen LogP contribution in [0.15, 0.2) is 69.9 Å². The molecule has 2 heterocycles. The van der Waals surface area contributed by atoms with Crippen molar-refractivity contribution in [3.8, 4) is 6.07 Å². The first kappa shape index (κ1) is 32.1. The first-order chi connectivity index (χ1) is 21.3. The number of hydrogen-bond donors (Lipinski definition) is 4. The van der Waals surface area contributed by atoms with Crippen LogP contribution in [0.4, 0.5) is 11.4 Å². The van der Waals surface area contributed by atoms with Gasteiger partial charge in [-0.15, -0.1) is 5.53 Å². The van der Waals surface area contributed by atoms with Crippen molar-refractivity contribution in [2.24, 2.45) is 10.4 Å². The van der Waals surface area contributed by atoms with Gasteiger partial charge in [-0.25, -0.2) is 0 Å². The Morgan fingerprint density at radius 3 is 2.58 bits per heavy atom. The molecule has 0 spiro atoms. The quantitative estimate of drug-likeness (QED) is 0.138. The van der Waals surface area contributed by atoms with Crippen molar-refractivity contribution in [1.29, 1.82) is 5.26 Å². The molecule has 10 heteroatoms. The van der Waals surface area contributed by atoms with Crippen LogP contribution in [-0.2, 0) is 0 Å². The second-order valence-corrected chi connectivity index (χ2v) is 14.1. The maximum atomic E-state index is 13.5. The summed E-state index contributed by atoms with van der Waals surface area (Å²) in [5.74, 6) is 0. The zero-order chi connectivity index (χ0) is 32.7. The van der Waals surface area contributed by atoms with Crippen LogP contribution in [-0.4, -0.2) is 28.4 Å². The van der Waals surface area contributed by atoms with E-state index in [0.717, 1.165) is 35.2 Å². The van der Waals surface area contributed by atoms with Crippen molar-refractivity contribution in [2.45, 2.75) is 78.9 Å². The summed E-state index contributed by atoms with van der Waals surface area (Å²) in [5, 5.41) is 21.1. The molecule has 1 aliphatic carbocycles. The summed E-state index contributed by atoms with van der Waals surface area (Å²) in [7, 11) is 0. The van der Waals surface area contributed by atoms with Crippen molar-refractivity contribution in [2.75, 3.05) is 11.9 Å². The predicted octanol–water partition coefficient (Wildman–Crippen LogP) is 7.33. The summed E-state index contributed by atoms with van der Waals surface area (Å²) >= 11 is 6.86. The van der Waals surface area contributed by atoms with Crippen molar-refractivity contribution in [1.82, 2.24) is 25.9 Å². The Morgan fingerprint density at radius 1 is 1.22 bits per heavy atom. The zero-order valence-corrected chi connectivity index (χ0v) is 27.9. The molecule has 1 aromatic heterocycles. The average Bonchev–Trinajstić information content (AvgIpc) is 3.53. The van der Waals surface area contributed by atoms with Crippen molar-refractivity contribution in [3.05, 3.63) is 86.6 Å². The van der Waals surface area contributed by atoms with Crippen LogP contribution in [0.3, 0.4) is 0 Å². The monoisotopic (exact) mass is 626 g/mol. The lowest BCUT2D eigenvalue weighted by Crippen LogP contribution is -2.43. The number of fused-ring (bicyclic) bond motifs is 1. The van der Waals surface area contributed by atoms with Crippen LogP contribution < -0.4 is 27.2 Å². The first-order valence-corrected chi connectivity index (χ1v) is 15.7. The Hall–Kier alpha value is -4.26. The largest absolute Gasteiger partial charge is 0.383 e. The van der Waals surface area contributed by atoms with E-state index in [1.54, 1.807) is 11.5 Å². The number of aliphatic imine (C=N–C) groups is 1. The van der Waals surface area contributed by atoms with Gasteiger partial charge in [0.05, 0.1) is 45.3 Å². The summed E-state index contributed by atoms with van der Waals surface area (Å²) in [6, 6.07) is 13.6. The summed E-state index contributed by atoms with van der Waals surface area (Å²) in [6.07, 6.45) is 6.15. The zero-order valence-electron chi connectivity index (χ0n) is 27.2. The average molecular weight is 627 g/mol. The summed E-state index contributed by atoms with van der Waals surface area (Å²) in [4.78, 5) is 17.7. The van der Waals surface area contributed by atoms with Crippen molar-refractivity contribution in [3.63, 3.8) is 0 Å². The number of anilines is 1. The van der Waals surface area contributed by atoms with E-state index in [2.05, 4.69) is 78.3 Å². The fourth-order valence-electron chi connectivity index (χ4n) is 5.53. The second kappa shape index (κ2) is 12.3. The molecule has 3 aromatic rings. The number of hydrazine groups is 2. The van der Waals surface area contributed by atoms with E-state index in [1.807, 2.05) is 56.4 Å². The van der Waals surface area contributed by atoms with Crippen LogP contribution in [0, 0.1) is 16.7 Å². The van der Waals surface area contributed by atoms with Crippen LogP contribution in [0.25, 0.3) is 16.5 Å². The van der Waals surface area contributed by atoms with E-state index in [4.69, 9.17) is 11.6 Å². The van der Waals surface area contributed by atoms with E-state index in [1.165, 1.54) is 0 Å². The fourth-order valence-corrected chi connectivity index (χ4v) is 5.81. The van der Waals surface area contributed by atoms with Gasteiger partial charge in [-0.05, 0) is 87.9 Å². The minimum atomic E-state index is -0.388. The molecule has 1 atom stereocenters. The molecule has 45 heavy (non-hydrogen) atoms. The number of benzene rings is 2. The van der Waals surface area contributed by atoms with Gasteiger partial charge in [-0.1, -0.05) is 44.5 Å². The number of pyridine rings is 1. The normalized spacial score (nSPS) is 16.9. The van der Waals surface area contributed by atoms with Crippen LogP contribution in [0.5, 0.6) is 0 Å². The number of rotatable bonds is 10. The fraction of sp³-hybridized carbons (Fsp3) is 0.400. The van der Waals surface area contributed by atoms with Gasteiger partial charge in [0.1, 0.15) is 0 Å². The number of halogens is 1. The number of allylic oxidation sites excluding steroid dienone is 1. The highest BCUT2D eigenvalue weighted by Crippen LogP contribution is 2.43.